The summed E-state index contributed by atoms with van der Waals surface area (Å²) < 4.78 is 14.8. The summed E-state index contributed by atoms with van der Waals surface area (Å²) in [6.45, 7) is 2.03. The van der Waals surface area contributed by atoms with Crippen LogP contribution in [0.4, 0.5) is 0 Å². The summed E-state index contributed by atoms with van der Waals surface area (Å²) in [6, 6.07) is 2.88. The lowest BCUT2D eigenvalue weighted by Gasteiger charge is -2.10. The highest BCUT2D eigenvalue weighted by Gasteiger charge is 2.14. The fourth-order valence-corrected chi connectivity index (χ4v) is 1.74. The van der Waals surface area contributed by atoms with E-state index in [0.29, 0.717) is 0 Å². The fourth-order valence-electron chi connectivity index (χ4n) is 1.15. The van der Waals surface area contributed by atoms with Gasteiger partial charge in [-0.25, -0.2) is 4.79 Å². The van der Waals surface area contributed by atoms with Crippen LogP contribution in [0.5, 0.6) is 5.75 Å². The predicted molar refractivity (Wildman–Crippen MR) is 64.9 cm³/mol. The van der Waals surface area contributed by atoms with E-state index in [4.69, 9.17) is 37.4 Å². The maximum atomic E-state index is 11.5. The van der Waals surface area contributed by atoms with Crippen LogP contribution in [0.1, 0.15) is 17.3 Å². The molecule has 1 aromatic rings. The average Bonchev–Trinajstić information content (AvgIpc) is 2.28. The van der Waals surface area contributed by atoms with Crippen molar-refractivity contribution in [1.29, 1.82) is 0 Å². The van der Waals surface area contributed by atoms with Crippen LogP contribution in [0.3, 0.4) is 0 Å². The number of ether oxygens (including phenoxy) is 3. The van der Waals surface area contributed by atoms with E-state index in [1.807, 2.05) is 0 Å². The second kappa shape index (κ2) is 6.69. The van der Waals surface area contributed by atoms with Crippen LogP contribution in [-0.4, -0.2) is 26.5 Å². The third-order valence-electron chi connectivity index (χ3n) is 1.83. The molecular formula is C11H12Cl2O4. The highest BCUT2D eigenvalue weighted by molar-refractivity contribution is 6.37. The van der Waals surface area contributed by atoms with Crippen LogP contribution in [-0.2, 0) is 9.47 Å². The Morgan fingerprint density at radius 1 is 1.29 bits per heavy atom. The Labute approximate surface area is 109 Å². The van der Waals surface area contributed by atoms with Gasteiger partial charge < -0.3 is 14.2 Å². The Hall–Kier alpha value is -0.970. The molecule has 0 saturated heterocycles. The van der Waals surface area contributed by atoms with E-state index < -0.39 is 5.97 Å². The van der Waals surface area contributed by atoms with Crippen LogP contribution >= 0.6 is 23.2 Å². The Balaban J connectivity index is 2.96. The molecule has 0 aliphatic heterocycles. The first-order valence-corrected chi connectivity index (χ1v) is 5.63. The molecule has 4 nitrogen and oxygen atoms in total. The van der Waals surface area contributed by atoms with Crippen molar-refractivity contribution in [3.63, 3.8) is 0 Å². The summed E-state index contributed by atoms with van der Waals surface area (Å²) >= 11 is 11.9. The summed E-state index contributed by atoms with van der Waals surface area (Å²) in [5.74, 6) is -0.196. The molecule has 1 aromatic carbocycles. The molecule has 0 aliphatic carbocycles. The van der Waals surface area contributed by atoms with Gasteiger partial charge in [0.05, 0.1) is 22.2 Å². The normalized spacial score (nSPS) is 10.1. The van der Waals surface area contributed by atoms with Crippen LogP contribution in [0.2, 0.25) is 10.0 Å². The van der Waals surface area contributed by atoms with Gasteiger partial charge in [-0.05, 0) is 19.1 Å². The van der Waals surface area contributed by atoms with Crippen LogP contribution < -0.4 is 4.74 Å². The lowest BCUT2D eigenvalue weighted by atomic mass is 10.2. The topological polar surface area (TPSA) is 44.8 Å². The van der Waals surface area contributed by atoms with Crippen molar-refractivity contribution in [3.8, 4) is 5.75 Å². The van der Waals surface area contributed by atoms with Crippen molar-refractivity contribution in [2.24, 2.45) is 0 Å². The molecule has 0 aromatic heterocycles. The summed E-state index contributed by atoms with van der Waals surface area (Å²) in [5, 5.41) is 0.468. The number of carbonyl (C=O) groups is 1. The van der Waals surface area contributed by atoms with E-state index in [-0.39, 0.29) is 34.8 Å². The third-order valence-corrected chi connectivity index (χ3v) is 2.39. The molecule has 0 heterocycles. The molecule has 17 heavy (non-hydrogen) atoms. The number of methoxy groups -OCH3 is 1. The Bertz CT molecular complexity index is 383. The molecule has 94 valence electrons. The van der Waals surface area contributed by atoms with Gasteiger partial charge in [0.1, 0.15) is 0 Å². The molecule has 0 N–H and O–H groups in total. The predicted octanol–water partition coefficient (Wildman–Crippen LogP) is 3.15. The van der Waals surface area contributed by atoms with Gasteiger partial charge in [0.15, 0.2) is 12.5 Å². The van der Waals surface area contributed by atoms with Gasteiger partial charge in [-0.3, -0.25) is 0 Å². The highest BCUT2D eigenvalue weighted by Crippen LogP contribution is 2.34. The van der Waals surface area contributed by atoms with Gasteiger partial charge in [0, 0.05) is 7.11 Å². The van der Waals surface area contributed by atoms with Gasteiger partial charge in [0.25, 0.3) is 0 Å². The second-order valence-corrected chi connectivity index (χ2v) is 3.85. The maximum absolute atomic E-state index is 11.5. The zero-order valence-corrected chi connectivity index (χ0v) is 11.0. The Morgan fingerprint density at radius 2 is 1.88 bits per heavy atom. The van der Waals surface area contributed by atoms with Crippen LogP contribution in [0, 0.1) is 0 Å². The molecule has 0 amide bonds. The largest absolute Gasteiger partial charge is 0.464 e. The van der Waals surface area contributed by atoms with Crippen LogP contribution in [0.15, 0.2) is 12.1 Å². The Kier molecular flexibility index (Phi) is 5.55. The molecule has 0 saturated carbocycles. The lowest BCUT2D eigenvalue weighted by molar-refractivity contribution is 0.0509. The second-order valence-electron chi connectivity index (χ2n) is 3.04. The maximum Gasteiger partial charge on any atom is 0.338 e. The monoisotopic (exact) mass is 278 g/mol. The van der Waals surface area contributed by atoms with E-state index in [0.717, 1.165) is 0 Å². The van der Waals surface area contributed by atoms with Crippen LogP contribution in [0.25, 0.3) is 0 Å². The van der Waals surface area contributed by atoms with Crippen molar-refractivity contribution < 1.29 is 19.0 Å². The molecule has 0 bridgehead atoms. The third kappa shape index (κ3) is 3.77. The van der Waals surface area contributed by atoms with E-state index in [1.54, 1.807) is 6.92 Å². The first-order chi connectivity index (χ1) is 8.10. The highest BCUT2D eigenvalue weighted by atomic mass is 35.5. The number of esters is 1. The zero-order valence-electron chi connectivity index (χ0n) is 9.46. The van der Waals surface area contributed by atoms with Crippen molar-refractivity contribution >= 4 is 29.2 Å². The van der Waals surface area contributed by atoms with Crippen molar-refractivity contribution in [3.05, 3.63) is 27.7 Å². The number of carbonyl (C=O) groups excluding carboxylic acids is 1. The molecular weight excluding hydrogens is 267 g/mol. The summed E-state index contributed by atoms with van der Waals surface area (Å²) in [6.07, 6.45) is 0. The van der Waals surface area contributed by atoms with Gasteiger partial charge in [0.2, 0.25) is 0 Å². The fraction of sp³-hybridized carbons (Fsp3) is 0.364. The molecule has 1 rings (SSSR count). The van der Waals surface area contributed by atoms with E-state index in [1.165, 1.54) is 19.2 Å². The van der Waals surface area contributed by atoms with Crippen molar-refractivity contribution in [2.75, 3.05) is 20.5 Å². The quantitative estimate of drug-likeness (QED) is 0.613. The SMILES string of the molecule is CCOC(=O)c1cc(Cl)c(OCOC)c(Cl)c1. The van der Waals surface area contributed by atoms with Crippen molar-refractivity contribution in [1.82, 2.24) is 0 Å². The number of rotatable bonds is 5. The molecule has 6 heteroatoms. The average molecular weight is 279 g/mol. The van der Waals surface area contributed by atoms with Gasteiger partial charge in [-0.2, -0.15) is 0 Å². The minimum Gasteiger partial charge on any atom is -0.464 e. The Morgan fingerprint density at radius 3 is 2.35 bits per heavy atom. The molecule has 0 atom stereocenters. The van der Waals surface area contributed by atoms with Gasteiger partial charge >= 0.3 is 5.97 Å². The number of hydrogen-bond acceptors (Lipinski definition) is 4. The van der Waals surface area contributed by atoms with Gasteiger partial charge in [-0.1, -0.05) is 23.2 Å². The minimum atomic E-state index is -0.477. The first kappa shape index (κ1) is 14.1. The van der Waals surface area contributed by atoms with E-state index in [9.17, 15) is 4.79 Å². The van der Waals surface area contributed by atoms with E-state index in [2.05, 4.69) is 0 Å². The smallest absolute Gasteiger partial charge is 0.338 e. The lowest BCUT2D eigenvalue weighted by Crippen LogP contribution is -2.06. The number of benzene rings is 1. The summed E-state index contributed by atoms with van der Waals surface area (Å²) in [7, 11) is 1.48. The first-order valence-electron chi connectivity index (χ1n) is 4.88. The van der Waals surface area contributed by atoms with Gasteiger partial charge in [-0.15, -0.1) is 0 Å². The standard InChI is InChI=1S/C11H12Cl2O4/c1-3-16-11(14)7-4-8(12)10(9(13)5-7)17-6-15-2/h4-5H,3,6H2,1-2H3. The molecule has 0 fully saturated rings. The molecule has 0 spiro atoms. The molecule has 0 aliphatic rings. The minimum absolute atomic E-state index is 0.0260. The zero-order chi connectivity index (χ0) is 12.8. The summed E-state index contributed by atoms with van der Waals surface area (Å²) in [5.41, 5.74) is 0.284. The van der Waals surface area contributed by atoms with Crippen molar-refractivity contribution in [2.45, 2.75) is 6.92 Å². The number of halogens is 2. The number of hydrogen-bond donors (Lipinski definition) is 0. The van der Waals surface area contributed by atoms with E-state index >= 15 is 0 Å². The molecule has 0 unspecified atom stereocenters. The molecule has 0 radical (unpaired) electrons. The summed E-state index contributed by atoms with van der Waals surface area (Å²) in [4.78, 5) is 11.5.